The molecule has 0 radical (unpaired) electrons. The molecule has 3 heteroatoms. The summed E-state index contributed by atoms with van der Waals surface area (Å²) >= 11 is 3.45. The molecule has 0 aliphatic rings. The highest BCUT2D eigenvalue weighted by molar-refractivity contribution is 9.10. The number of aliphatic hydroxyl groups excluding tert-OH is 1. The van der Waals surface area contributed by atoms with Crippen molar-refractivity contribution in [1.29, 1.82) is 0 Å². The van der Waals surface area contributed by atoms with Gasteiger partial charge in [0.1, 0.15) is 0 Å². The number of nitrogens with zero attached hydrogens (tertiary/aromatic N) is 1. The van der Waals surface area contributed by atoms with Gasteiger partial charge in [0.05, 0.1) is 17.8 Å². The van der Waals surface area contributed by atoms with E-state index in [2.05, 4.69) is 20.9 Å². The summed E-state index contributed by atoms with van der Waals surface area (Å²) in [5.41, 5.74) is 2.76. The van der Waals surface area contributed by atoms with E-state index in [0.29, 0.717) is 5.69 Å². The second-order valence-electron chi connectivity index (χ2n) is 3.22. The largest absolute Gasteiger partial charge is 0.390 e. The molecular weight excluding hydrogens is 242 g/mol. The molecule has 0 fully saturated rings. The number of halogens is 1. The molecule has 1 aromatic heterocycles. The lowest BCUT2D eigenvalue weighted by Gasteiger charge is -2.05. The zero-order chi connectivity index (χ0) is 10.1. The number of para-hydroxylation sites is 1. The van der Waals surface area contributed by atoms with E-state index in [4.69, 9.17) is 5.11 Å². The first-order valence-corrected chi connectivity index (χ1v) is 5.17. The monoisotopic (exact) mass is 251 g/mol. The van der Waals surface area contributed by atoms with Gasteiger partial charge < -0.3 is 5.11 Å². The summed E-state index contributed by atoms with van der Waals surface area (Å²) in [4.78, 5) is 4.36. The SMILES string of the molecule is Cc1cc(CO)nc2c(Br)cccc12. The number of aromatic nitrogens is 1. The van der Waals surface area contributed by atoms with Crippen molar-refractivity contribution in [3.63, 3.8) is 0 Å². The maximum atomic E-state index is 9.03. The molecule has 72 valence electrons. The third-order valence-electron chi connectivity index (χ3n) is 2.21. The van der Waals surface area contributed by atoms with Crippen molar-refractivity contribution in [3.8, 4) is 0 Å². The minimum Gasteiger partial charge on any atom is -0.390 e. The molecule has 0 bridgehead atoms. The molecule has 1 aromatic carbocycles. The maximum Gasteiger partial charge on any atom is 0.0853 e. The Hall–Kier alpha value is -0.930. The molecule has 0 aliphatic carbocycles. The average Bonchev–Trinajstić information content (AvgIpc) is 2.19. The van der Waals surface area contributed by atoms with Crippen LogP contribution in [0, 0.1) is 6.92 Å². The molecule has 0 saturated heterocycles. The van der Waals surface area contributed by atoms with Crippen LogP contribution in [0.2, 0.25) is 0 Å². The van der Waals surface area contributed by atoms with Gasteiger partial charge in [-0.15, -0.1) is 0 Å². The first kappa shape index (κ1) is 9.62. The van der Waals surface area contributed by atoms with Crippen molar-refractivity contribution >= 4 is 26.8 Å². The maximum absolute atomic E-state index is 9.03. The second kappa shape index (κ2) is 3.67. The minimum atomic E-state index is -0.0158. The van der Waals surface area contributed by atoms with Crippen LogP contribution >= 0.6 is 15.9 Å². The van der Waals surface area contributed by atoms with Crippen LogP contribution in [0.15, 0.2) is 28.7 Å². The van der Waals surface area contributed by atoms with Crippen molar-refractivity contribution in [1.82, 2.24) is 4.98 Å². The third kappa shape index (κ3) is 1.53. The smallest absolute Gasteiger partial charge is 0.0853 e. The molecule has 2 aromatic rings. The summed E-state index contributed by atoms with van der Waals surface area (Å²) in [6.45, 7) is 2.01. The molecule has 0 spiro atoms. The number of rotatable bonds is 1. The van der Waals surface area contributed by atoms with E-state index < -0.39 is 0 Å². The van der Waals surface area contributed by atoms with Crippen LogP contribution in [0.4, 0.5) is 0 Å². The van der Waals surface area contributed by atoms with Crippen LogP contribution < -0.4 is 0 Å². The molecule has 0 aliphatic heterocycles. The molecular formula is C11H10BrNO. The molecule has 0 atom stereocenters. The lowest BCUT2D eigenvalue weighted by atomic mass is 10.1. The Morgan fingerprint density at radius 1 is 1.43 bits per heavy atom. The molecule has 2 nitrogen and oxygen atoms in total. The summed E-state index contributed by atoms with van der Waals surface area (Å²) in [6, 6.07) is 7.88. The first-order chi connectivity index (χ1) is 6.72. The molecule has 1 heterocycles. The van der Waals surface area contributed by atoms with Crippen LogP contribution in [-0.4, -0.2) is 10.1 Å². The van der Waals surface area contributed by atoms with Gasteiger partial charge in [0, 0.05) is 9.86 Å². The lowest BCUT2D eigenvalue weighted by Crippen LogP contribution is -1.92. The molecule has 0 saturated carbocycles. The Bertz CT molecular complexity index is 482. The van der Waals surface area contributed by atoms with E-state index in [0.717, 1.165) is 20.9 Å². The van der Waals surface area contributed by atoms with Crippen LogP contribution in [0.3, 0.4) is 0 Å². The number of hydrogen-bond acceptors (Lipinski definition) is 2. The number of aliphatic hydroxyl groups is 1. The fourth-order valence-electron chi connectivity index (χ4n) is 1.53. The highest BCUT2D eigenvalue weighted by Gasteiger charge is 2.04. The summed E-state index contributed by atoms with van der Waals surface area (Å²) < 4.78 is 0.966. The Morgan fingerprint density at radius 2 is 2.21 bits per heavy atom. The highest BCUT2D eigenvalue weighted by Crippen LogP contribution is 2.24. The summed E-state index contributed by atoms with van der Waals surface area (Å²) in [5, 5.41) is 10.2. The zero-order valence-electron chi connectivity index (χ0n) is 7.79. The molecule has 2 rings (SSSR count). The summed E-state index contributed by atoms with van der Waals surface area (Å²) in [5.74, 6) is 0. The van der Waals surface area contributed by atoms with Gasteiger partial charge >= 0.3 is 0 Å². The van der Waals surface area contributed by atoms with Crippen LogP contribution in [0.1, 0.15) is 11.3 Å². The van der Waals surface area contributed by atoms with Gasteiger partial charge in [-0.1, -0.05) is 12.1 Å². The predicted molar refractivity (Wildman–Crippen MR) is 60.1 cm³/mol. The number of pyridine rings is 1. The van der Waals surface area contributed by atoms with Crippen molar-refractivity contribution in [3.05, 3.63) is 40.0 Å². The van der Waals surface area contributed by atoms with Crippen LogP contribution in [0.5, 0.6) is 0 Å². The van der Waals surface area contributed by atoms with Gasteiger partial charge in [-0.3, -0.25) is 0 Å². The number of benzene rings is 1. The summed E-state index contributed by atoms with van der Waals surface area (Å²) in [7, 11) is 0. The molecule has 1 N–H and O–H groups in total. The van der Waals surface area contributed by atoms with Crippen LogP contribution in [0.25, 0.3) is 10.9 Å². The normalized spacial score (nSPS) is 10.8. The average molecular weight is 252 g/mol. The zero-order valence-corrected chi connectivity index (χ0v) is 9.37. The van der Waals surface area contributed by atoms with Gasteiger partial charge in [0.2, 0.25) is 0 Å². The van der Waals surface area contributed by atoms with Crippen molar-refractivity contribution in [2.45, 2.75) is 13.5 Å². The number of fused-ring (bicyclic) bond motifs is 1. The van der Waals surface area contributed by atoms with Gasteiger partial charge in [-0.2, -0.15) is 0 Å². The number of aryl methyl sites for hydroxylation is 1. The first-order valence-electron chi connectivity index (χ1n) is 4.38. The van der Waals surface area contributed by atoms with E-state index in [-0.39, 0.29) is 6.61 Å². The molecule has 0 unspecified atom stereocenters. The van der Waals surface area contributed by atoms with E-state index >= 15 is 0 Å². The van der Waals surface area contributed by atoms with Gasteiger partial charge in [0.15, 0.2) is 0 Å². The second-order valence-corrected chi connectivity index (χ2v) is 4.08. The predicted octanol–water partition coefficient (Wildman–Crippen LogP) is 2.80. The van der Waals surface area contributed by atoms with E-state index in [1.807, 2.05) is 31.2 Å². The topological polar surface area (TPSA) is 33.1 Å². The van der Waals surface area contributed by atoms with Gasteiger partial charge in [-0.25, -0.2) is 4.98 Å². The number of hydrogen-bond donors (Lipinski definition) is 1. The fourth-order valence-corrected chi connectivity index (χ4v) is 1.99. The third-order valence-corrected chi connectivity index (χ3v) is 2.85. The Kier molecular flexibility index (Phi) is 2.52. The van der Waals surface area contributed by atoms with Gasteiger partial charge in [0.25, 0.3) is 0 Å². The Morgan fingerprint density at radius 3 is 2.93 bits per heavy atom. The Labute approximate surface area is 90.7 Å². The van der Waals surface area contributed by atoms with E-state index in [1.54, 1.807) is 0 Å². The standard InChI is InChI=1S/C11H10BrNO/c1-7-5-8(6-14)13-11-9(7)3-2-4-10(11)12/h2-5,14H,6H2,1H3. The van der Waals surface area contributed by atoms with E-state index in [9.17, 15) is 0 Å². The molecule has 14 heavy (non-hydrogen) atoms. The van der Waals surface area contributed by atoms with E-state index in [1.165, 1.54) is 0 Å². The lowest BCUT2D eigenvalue weighted by molar-refractivity contribution is 0.277. The minimum absolute atomic E-state index is 0.0158. The van der Waals surface area contributed by atoms with Crippen molar-refractivity contribution < 1.29 is 5.11 Å². The highest BCUT2D eigenvalue weighted by atomic mass is 79.9. The van der Waals surface area contributed by atoms with Gasteiger partial charge in [-0.05, 0) is 40.5 Å². The summed E-state index contributed by atoms with van der Waals surface area (Å²) in [6.07, 6.45) is 0. The quantitative estimate of drug-likeness (QED) is 0.846. The molecule has 0 amide bonds. The van der Waals surface area contributed by atoms with Crippen molar-refractivity contribution in [2.75, 3.05) is 0 Å². The van der Waals surface area contributed by atoms with Crippen molar-refractivity contribution in [2.24, 2.45) is 0 Å². The van der Waals surface area contributed by atoms with Crippen LogP contribution in [-0.2, 0) is 6.61 Å². The Balaban J connectivity index is 2.83. The fraction of sp³-hybridized carbons (Fsp3) is 0.182.